The van der Waals surface area contributed by atoms with Gasteiger partial charge in [-0.1, -0.05) is 6.07 Å². The van der Waals surface area contributed by atoms with Gasteiger partial charge in [0.25, 0.3) is 11.5 Å². The van der Waals surface area contributed by atoms with Crippen LogP contribution in [-0.4, -0.2) is 38.8 Å². The van der Waals surface area contributed by atoms with Crippen LogP contribution in [0.25, 0.3) is 10.9 Å². The minimum Gasteiger partial charge on any atom is -0.497 e. The minimum atomic E-state index is -0.263. The lowest BCUT2D eigenvalue weighted by molar-refractivity contribution is -0.122. The second kappa shape index (κ2) is 8.58. The largest absolute Gasteiger partial charge is 0.497 e. The van der Waals surface area contributed by atoms with Crippen molar-refractivity contribution in [2.24, 2.45) is 0 Å². The molecule has 1 aromatic heterocycles. The number of methoxy groups -OCH3 is 3. The van der Waals surface area contributed by atoms with Crippen LogP contribution in [0.2, 0.25) is 0 Å². The average Bonchev–Trinajstić information content (AvgIpc) is 2.72. The second-order valence-corrected chi connectivity index (χ2v) is 6.19. The van der Waals surface area contributed by atoms with Crippen molar-refractivity contribution in [3.8, 4) is 11.5 Å². The Labute approximate surface area is 162 Å². The van der Waals surface area contributed by atoms with Gasteiger partial charge in [-0.2, -0.15) is 0 Å². The minimum absolute atomic E-state index is 0.0951. The van der Waals surface area contributed by atoms with Crippen LogP contribution in [0.15, 0.2) is 53.3 Å². The molecule has 0 bridgehead atoms. The molecule has 0 aliphatic heterocycles. The molecule has 3 aromatic rings. The summed E-state index contributed by atoms with van der Waals surface area (Å²) in [5.74, 6) is 1.04. The van der Waals surface area contributed by atoms with Crippen LogP contribution >= 0.6 is 0 Å². The fourth-order valence-electron chi connectivity index (χ4n) is 2.95. The zero-order chi connectivity index (χ0) is 20.1. The maximum atomic E-state index is 12.7. The van der Waals surface area contributed by atoms with Gasteiger partial charge in [-0.25, -0.2) is 0 Å². The summed E-state index contributed by atoms with van der Waals surface area (Å²) in [6.07, 6.45) is 0. The Morgan fingerprint density at radius 2 is 1.75 bits per heavy atom. The topological polar surface area (TPSA) is 80.9 Å². The van der Waals surface area contributed by atoms with Gasteiger partial charge in [0.1, 0.15) is 18.1 Å². The van der Waals surface area contributed by atoms with Crippen molar-refractivity contribution >= 4 is 22.5 Å². The van der Waals surface area contributed by atoms with Crippen LogP contribution in [0.5, 0.6) is 11.5 Å². The molecule has 0 unspecified atom stereocenters. The van der Waals surface area contributed by atoms with Gasteiger partial charge in [0.2, 0.25) is 0 Å². The van der Waals surface area contributed by atoms with Gasteiger partial charge in [-0.3, -0.25) is 9.59 Å². The van der Waals surface area contributed by atoms with E-state index in [0.717, 1.165) is 5.39 Å². The highest BCUT2D eigenvalue weighted by atomic mass is 16.5. The van der Waals surface area contributed by atoms with Crippen LogP contribution in [0, 0.1) is 0 Å². The van der Waals surface area contributed by atoms with Crippen LogP contribution in [0.4, 0.5) is 5.69 Å². The van der Waals surface area contributed by atoms with Gasteiger partial charge < -0.3 is 24.1 Å². The average molecular weight is 382 g/mol. The van der Waals surface area contributed by atoms with Crippen molar-refractivity contribution in [1.29, 1.82) is 0 Å². The molecular formula is C21H22N2O5. The number of aromatic nitrogens is 1. The molecule has 0 atom stereocenters. The van der Waals surface area contributed by atoms with E-state index >= 15 is 0 Å². The summed E-state index contributed by atoms with van der Waals surface area (Å²) in [6.45, 7) is -0.00559. The van der Waals surface area contributed by atoms with Crippen LogP contribution in [0.3, 0.4) is 0 Å². The molecular weight excluding hydrogens is 360 g/mol. The van der Waals surface area contributed by atoms with Gasteiger partial charge in [0, 0.05) is 35.3 Å². The highest BCUT2D eigenvalue weighted by Gasteiger charge is 2.18. The Hall–Kier alpha value is -3.32. The van der Waals surface area contributed by atoms with E-state index in [1.54, 1.807) is 56.7 Å². The summed E-state index contributed by atoms with van der Waals surface area (Å²) in [5, 5.41) is 0.818. The molecule has 146 valence electrons. The van der Waals surface area contributed by atoms with E-state index in [-0.39, 0.29) is 24.6 Å². The zero-order valence-electron chi connectivity index (χ0n) is 16.0. The van der Waals surface area contributed by atoms with Crippen molar-refractivity contribution in [1.82, 2.24) is 4.98 Å². The molecule has 7 nitrogen and oxygen atoms in total. The summed E-state index contributed by atoms with van der Waals surface area (Å²) in [4.78, 5) is 29.6. The summed E-state index contributed by atoms with van der Waals surface area (Å²) in [7, 11) is 4.60. The molecule has 1 heterocycles. The predicted octanol–water partition coefficient (Wildman–Crippen LogP) is 2.72. The van der Waals surface area contributed by atoms with Crippen molar-refractivity contribution in [2.75, 3.05) is 32.8 Å². The smallest absolute Gasteiger partial charge is 0.253 e. The van der Waals surface area contributed by atoms with E-state index in [1.807, 2.05) is 6.07 Å². The number of rotatable bonds is 7. The van der Waals surface area contributed by atoms with Crippen molar-refractivity contribution in [3.63, 3.8) is 0 Å². The Balaban J connectivity index is 2.03. The van der Waals surface area contributed by atoms with E-state index in [9.17, 15) is 9.59 Å². The Bertz CT molecular complexity index is 1040. The second-order valence-electron chi connectivity index (χ2n) is 6.19. The van der Waals surface area contributed by atoms with Crippen molar-refractivity contribution in [2.45, 2.75) is 6.54 Å². The molecule has 0 aliphatic carbocycles. The molecule has 3 rings (SSSR count). The van der Waals surface area contributed by atoms with Gasteiger partial charge in [0.15, 0.2) is 0 Å². The first-order valence-corrected chi connectivity index (χ1v) is 8.69. The number of carbonyl (C=O) groups excluding carboxylic acids is 1. The highest BCUT2D eigenvalue weighted by molar-refractivity contribution is 5.94. The predicted molar refractivity (Wildman–Crippen MR) is 107 cm³/mol. The Morgan fingerprint density at radius 3 is 2.46 bits per heavy atom. The van der Waals surface area contributed by atoms with Gasteiger partial charge in [0.05, 0.1) is 20.8 Å². The molecule has 0 aliphatic rings. The molecule has 0 saturated heterocycles. The van der Waals surface area contributed by atoms with Crippen LogP contribution in [-0.2, 0) is 16.1 Å². The number of hydrogen-bond donors (Lipinski definition) is 1. The summed E-state index contributed by atoms with van der Waals surface area (Å²) in [6, 6.07) is 14.3. The van der Waals surface area contributed by atoms with Crippen LogP contribution < -0.4 is 19.9 Å². The normalized spacial score (nSPS) is 10.7. The lowest BCUT2D eigenvalue weighted by atomic mass is 10.1. The SMILES string of the molecule is COCC(=O)N(Cc1cc2cc(OC)ccc2[nH]c1=O)c1cccc(OC)c1. The zero-order valence-corrected chi connectivity index (χ0v) is 16.0. The summed E-state index contributed by atoms with van der Waals surface area (Å²) >= 11 is 0. The quantitative estimate of drug-likeness (QED) is 0.680. The van der Waals surface area contributed by atoms with E-state index in [4.69, 9.17) is 14.2 Å². The van der Waals surface area contributed by atoms with E-state index < -0.39 is 0 Å². The molecule has 0 fully saturated rings. The first-order chi connectivity index (χ1) is 13.5. The van der Waals surface area contributed by atoms with E-state index in [0.29, 0.717) is 28.3 Å². The van der Waals surface area contributed by atoms with Crippen molar-refractivity contribution in [3.05, 3.63) is 64.4 Å². The number of ether oxygens (including phenoxy) is 3. The molecule has 0 spiro atoms. The summed E-state index contributed by atoms with van der Waals surface area (Å²) < 4.78 is 15.5. The highest BCUT2D eigenvalue weighted by Crippen LogP contribution is 2.24. The number of fused-ring (bicyclic) bond motifs is 1. The Morgan fingerprint density at radius 1 is 1.00 bits per heavy atom. The molecule has 0 saturated carbocycles. The maximum Gasteiger partial charge on any atom is 0.253 e. The third-order valence-electron chi connectivity index (χ3n) is 4.39. The van der Waals surface area contributed by atoms with Crippen molar-refractivity contribution < 1.29 is 19.0 Å². The standard InChI is InChI=1S/C21H22N2O5/c1-26-13-20(24)23(16-5-4-6-17(11-16)27-2)12-15-9-14-10-18(28-3)7-8-19(14)22-21(15)25/h4-11H,12-13H2,1-3H3,(H,22,25). The molecule has 1 amide bonds. The Kier molecular flexibility index (Phi) is 5.96. The first kappa shape index (κ1) is 19.4. The lowest BCUT2D eigenvalue weighted by Gasteiger charge is -2.23. The number of carbonyl (C=O) groups is 1. The van der Waals surface area contributed by atoms with Gasteiger partial charge in [-0.05, 0) is 36.4 Å². The number of nitrogens with zero attached hydrogens (tertiary/aromatic N) is 1. The first-order valence-electron chi connectivity index (χ1n) is 8.69. The fourth-order valence-corrected chi connectivity index (χ4v) is 2.95. The van der Waals surface area contributed by atoms with Gasteiger partial charge in [-0.15, -0.1) is 0 Å². The monoisotopic (exact) mass is 382 g/mol. The molecule has 28 heavy (non-hydrogen) atoms. The number of nitrogens with one attached hydrogen (secondary N) is 1. The maximum absolute atomic E-state index is 12.7. The third kappa shape index (κ3) is 4.15. The van der Waals surface area contributed by atoms with Crippen LogP contribution in [0.1, 0.15) is 5.56 Å². The number of pyridine rings is 1. The number of H-pyrrole nitrogens is 1. The third-order valence-corrected chi connectivity index (χ3v) is 4.39. The number of anilines is 1. The number of amides is 1. The van der Waals surface area contributed by atoms with Gasteiger partial charge >= 0.3 is 0 Å². The van der Waals surface area contributed by atoms with E-state index in [1.165, 1.54) is 12.0 Å². The number of hydrogen-bond acceptors (Lipinski definition) is 5. The molecule has 0 radical (unpaired) electrons. The number of benzene rings is 2. The number of aromatic amines is 1. The van der Waals surface area contributed by atoms with E-state index in [2.05, 4.69) is 4.98 Å². The molecule has 1 N–H and O–H groups in total. The summed E-state index contributed by atoms with van der Waals surface area (Å²) in [5.41, 5.74) is 1.51. The molecule has 7 heteroatoms. The molecule has 2 aromatic carbocycles. The lowest BCUT2D eigenvalue weighted by Crippen LogP contribution is -2.35. The fraction of sp³-hybridized carbons (Fsp3) is 0.238.